The first-order chi connectivity index (χ1) is 12.0. The van der Waals surface area contributed by atoms with Gasteiger partial charge < -0.3 is 19.2 Å². The lowest BCUT2D eigenvalue weighted by molar-refractivity contribution is -0.140. The van der Waals surface area contributed by atoms with Crippen LogP contribution in [0.15, 0.2) is 57.1 Å². The van der Waals surface area contributed by atoms with Crippen molar-refractivity contribution in [2.45, 2.75) is 6.04 Å². The molecule has 1 aromatic carbocycles. The highest BCUT2D eigenvalue weighted by Gasteiger charge is 2.47. The fourth-order valence-corrected chi connectivity index (χ4v) is 3.07. The molecule has 0 aliphatic carbocycles. The van der Waals surface area contributed by atoms with E-state index in [1.807, 2.05) is 0 Å². The van der Waals surface area contributed by atoms with Crippen LogP contribution in [0.5, 0.6) is 0 Å². The second kappa shape index (κ2) is 7.25. The number of ketones is 1. The number of rotatable bonds is 5. The highest BCUT2D eigenvalue weighted by molar-refractivity contribution is 9.10. The molecule has 1 aliphatic rings. The van der Waals surface area contributed by atoms with Gasteiger partial charge in [0, 0.05) is 23.7 Å². The molecule has 0 spiro atoms. The molecule has 1 aromatic heterocycles. The largest absolute Gasteiger partial charge is 0.507 e. The lowest BCUT2D eigenvalue weighted by Crippen LogP contribution is -2.32. The maximum atomic E-state index is 12.6. The molecule has 7 heteroatoms. The summed E-state index contributed by atoms with van der Waals surface area (Å²) in [6.45, 7) is 0.478. The van der Waals surface area contributed by atoms with Crippen molar-refractivity contribution in [3.8, 4) is 0 Å². The SMILES string of the molecule is COCCN1C(=O)C(=O)/C(=C(\O)c2ccc(Br)cc2)C1c1ccco1. The highest BCUT2D eigenvalue weighted by atomic mass is 79.9. The van der Waals surface area contributed by atoms with Crippen LogP contribution in [0.2, 0.25) is 0 Å². The molecule has 6 nitrogen and oxygen atoms in total. The minimum Gasteiger partial charge on any atom is -0.507 e. The van der Waals surface area contributed by atoms with Gasteiger partial charge in [-0.3, -0.25) is 9.59 Å². The molecule has 1 saturated heterocycles. The molecular weight excluding hydrogens is 390 g/mol. The Labute approximate surface area is 152 Å². The van der Waals surface area contributed by atoms with Gasteiger partial charge in [0.15, 0.2) is 0 Å². The van der Waals surface area contributed by atoms with Gasteiger partial charge in [-0.25, -0.2) is 0 Å². The van der Waals surface area contributed by atoms with Gasteiger partial charge in [-0.15, -0.1) is 0 Å². The predicted molar refractivity (Wildman–Crippen MR) is 93.7 cm³/mol. The van der Waals surface area contributed by atoms with Gasteiger partial charge in [0.25, 0.3) is 11.7 Å². The number of hydrogen-bond donors (Lipinski definition) is 1. The van der Waals surface area contributed by atoms with E-state index in [0.717, 1.165) is 4.47 Å². The van der Waals surface area contributed by atoms with E-state index >= 15 is 0 Å². The summed E-state index contributed by atoms with van der Waals surface area (Å²) in [5, 5.41) is 10.7. The second-order valence-corrected chi connectivity index (χ2v) is 6.42. The normalized spacial score (nSPS) is 19.6. The summed E-state index contributed by atoms with van der Waals surface area (Å²) in [7, 11) is 1.51. The van der Waals surface area contributed by atoms with Crippen LogP contribution in [-0.4, -0.2) is 42.0 Å². The van der Waals surface area contributed by atoms with Gasteiger partial charge in [0.1, 0.15) is 17.6 Å². The molecule has 1 unspecified atom stereocenters. The zero-order valence-electron chi connectivity index (χ0n) is 13.4. The third-order valence-corrected chi connectivity index (χ3v) is 4.54. The van der Waals surface area contributed by atoms with Crippen LogP contribution in [0, 0.1) is 0 Å². The van der Waals surface area contributed by atoms with Crippen molar-refractivity contribution in [2.75, 3.05) is 20.3 Å². The van der Waals surface area contributed by atoms with Gasteiger partial charge in [0.05, 0.1) is 18.4 Å². The van der Waals surface area contributed by atoms with Crippen molar-refractivity contribution in [3.63, 3.8) is 0 Å². The fourth-order valence-electron chi connectivity index (χ4n) is 2.81. The zero-order chi connectivity index (χ0) is 18.0. The summed E-state index contributed by atoms with van der Waals surface area (Å²) in [4.78, 5) is 26.4. The smallest absolute Gasteiger partial charge is 0.295 e. The topological polar surface area (TPSA) is 80.0 Å². The summed E-state index contributed by atoms with van der Waals surface area (Å²) in [6.07, 6.45) is 1.46. The van der Waals surface area contributed by atoms with Gasteiger partial charge >= 0.3 is 0 Å². The van der Waals surface area contributed by atoms with E-state index in [9.17, 15) is 14.7 Å². The fraction of sp³-hybridized carbons (Fsp3) is 0.222. The standard InChI is InChI=1S/C18H16BrNO5/c1-24-10-8-20-15(13-3-2-9-25-13)14(17(22)18(20)23)16(21)11-4-6-12(19)7-5-11/h2-7,9,15,21H,8,10H2,1H3/b16-14-. The number of Topliss-reactive ketones (excluding diaryl/α,β-unsaturated/α-hetero) is 1. The molecule has 1 amide bonds. The molecule has 0 bridgehead atoms. The van der Waals surface area contributed by atoms with Crippen LogP contribution < -0.4 is 0 Å². The van der Waals surface area contributed by atoms with Crippen LogP contribution >= 0.6 is 15.9 Å². The molecule has 2 heterocycles. The maximum Gasteiger partial charge on any atom is 0.295 e. The Morgan fingerprint density at radius 1 is 1.28 bits per heavy atom. The van der Waals surface area contributed by atoms with Crippen molar-refractivity contribution in [1.82, 2.24) is 4.90 Å². The van der Waals surface area contributed by atoms with Crippen molar-refractivity contribution in [1.29, 1.82) is 0 Å². The summed E-state index contributed by atoms with van der Waals surface area (Å²) in [6, 6.07) is 9.39. The predicted octanol–water partition coefficient (Wildman–Crippen LogP) is 3.11. The minimum absolute atomic E-state index is 0.0124. The quantitative estimate of drug-likeness (QED) is 0.469. The molecule has 25 heavy (non-hydrogen) atoms. The number of furan rings is 1. The Morgan fingerprint density at radius 2 is 2.00 bits per heavy atom. The number of likely N-dealkylation sites (tertiary alicyclic amines) is 1. The van der Waals surface area contributed by atoms with Crippen molar-refractivity contribution >= 4 is 33.4 Å². The number of carbonyl (C=O) groups excluding carboxylic acids is 2. The third-order valence-electron chi connectivity index (χ3n) is 4.01. The number of ether oxygens (including phenoxy) is 1. The van der Waals surface area contributed by atoms with E-state index in [0.29, 0.717) is 11.3 Å². The Balaban J connectivity index is 2.11. The van der Waals surface area contributed by atoms with Crippen LogP contribution in [0.4, 0.5) is 0 Å². The first kappa shape index (κ1) is 17.4. The number of aliphatic hydroxyl groups is 1. The summed E-state index contributed by atoms with van der Waals surface area (Å²) < 4.78 is 11.3. The molecule has 0 saturated carbocycles. The Kier molecular flexibility index (Phi) is 5.06. The van der Waals surface area contributed by atoms with Crippen LogP contribution in [-0.2, 0) is 14.3 Å². The molecule has 1 atom stereocenters. The average molecular weight is 406 g/mol. The monoisotopic (exact) mass is 405 g/mol. The van der Waals surface area contributed by atoms with E-state index in [1.165, 1.54) is 18.3 Å². The first-order valence-electron chi connectivity index (χ1n) is 7.61. The van der Waals surface area contributed by atoms with E-state index in [2.05, 4.69) is 15.9 Å². The number of methoxy groups -OCH3 is 1. The summed E-state index contributed by atoms with van der Waals surface area (Å²) in [5.74, 6) is -1.24. The molecule has 2 aromatic rings. The number of hydrogen-bond acceptors (Lipinski definition) is 5. The number of halogens is 1. The van der Waals surface area contributed by atoms with Crippen LogP contribution in [0.25, 0.3) is 5.76 Å². The second-order valence-electron chi connectivity index (χ2n) is 5.51. The number of nitrogens with zero attached hydrogens (tertiary/aromatic N) is 1. The molecular formula is C18H16BrNO5. The first-order valence-corrected chi connectivity index (χ1v) is 8.40. The molecule has 1 N–H and O–H groups in total. The van der Waals surface area contributed by atoms with Crippen LogP contribution in [0.1, 0.15) is 17.4 Å². The Hall–Kier alpha value is -2.38. The van der Waals surface area contributed by atoms with E-state index in [1.54, 1.807) is 36.4 Å². The number of amides is 1. The van der Waals surface area contributed by atoms with E-state index in [-0.39, 0.29) is 24.5 Å². The van der Waals surface area contributed by atoms with Crippen LogP contribution in [0.3, 0.4) is 0 Å². The van der Waals surface area contributed by atoms with Gasteiger partial charge in [-0.1, -0.05) is 28.1 Å². The number of carbonyl (C=O) groups is 2. The van der Waals surface area contributed by atoms with Crippen molar-refractivity contribution in [3.05, 3.63) is 64.0 Å². The molecule has 3 rings (SSSR count). The lowest BCUT2D eigenvalue weighted by Gasteiger charge is -2.22. The molecule has 0 radical (unpaired) electrons. The van der Waals surface area contributed by atoms with Gasteiger partial charge in [-0.2, -0.15) is 0 Å². The van der Waals surface area contributed by atoms with Crippen molar-refractivity contribution in [2.24, 2.45) is 0 Å². The van der Waals surface area contributed by atoms with Crippen molar-refractivity contribution < 1.29 is 23.8 Å². The number of benzene rings is 1. The summed E-state index contributed by atoms with van der Waals surface area (Å²) >= 11 is 3.33. The Morgan fingerprint density at radius 3 is 2.60 bits per heavy atom. The lowest BCUT2D eigenvalue weighted by atomic mass is 9.99. The zero-order valence-corrected chi connectivity index (χ0v) is 15.0. The highest BCUT2D eigenvalue weighted by Crippen LogP contribution is 2.39. The van der Waals surface area contributed by atoms with E-state index < -0.39 is 17.7 Å². The molecule has 130 valence electrons. The molecule has 1 fully saturated rings. The van der Waals surface area contributed by atoms with E-state index in [4.69, 9.17) is 9.15 Å². The maximum absolute atomic E-state index is 12.6. The van der Waals surface area contributed by atoms with Gasteiger partial charge in [-0.05, 0) is 24.3 Å². The third kappa shape index (κ3) is 3.25. The molecule has 1 aliphatic heterocycles. The number of aliphatic hydroxyl groups excluding tert-OH is 1. The Bertz CT molecular complexity index is 811. The van der Waals surface area contributed by atoms with Gasteiger partial charge in [0.2, 0.25) is 0 Å². The minimum atomic E-state index is -0.784. The average Bonchev–Trinajstić information content (AvgIpc) is 3.21. The summed E-state index contributed by atoms with van der Waals surface area (Å²) in [5.41, 5.74) is 0.461.